The zero-order valence-electron chi connectivity index (χ0n) is 11.2. The monoisotopic (exact) mass is 297 g/mol. The first-order valence-corrected chi connectivity index (χ1v) is 7.14. The zero-order valence-corrected chi connectivity index (χ0v) is 12.0. The van der Waals surface area contributed by atoms with Crippen LogP contribution in [0.3, 0.4) is 0 Å². The minimum atomic E-state index is -0.872. The van der Waals surface area contributed by atoms with Gasteiger partial charge < -0.3 is 4.74 Å². The molecule has 104 valence electrons. The van der Waals surface area contributed by atoms with Crippen molar-refractivity contribution in [2.75, 3.05) is 0 Å². The average molecular weight is 297 g/mol. The largest absolute Gasteiger partial charge is 0.420 e. The van der Waals surface area contributed by atoms with Crippen LogP contribution < -0.4 is 4.74 Å². The van der Waals surface area contributed by atoms with E-state index in [0.29, 0.717) is 11.3 Å². The Bertz CT molecular complexity index is 805. The van der Waals surface area contributed by atoms with Crippen molar-refractivity contribution in [3.8, 4) is 16.3 Å². The molecule has 0 fully saturated rings. The second-order valence-electron chi connectivity index (χ2n) is 4.43. The van der Waals surface area contributed by atoms with Gasteiger partial charge in [0.25, 0.3) is 0 Å². The van der Waals surface area contributed by atoms with Gasteiger partial charge in [-0.15, -0.1) is 11.3 Å². The summed E-state index contributed by atoms with van der Waals surface area (Å²) < 4.78 is 6.19. The Balaban J connectivity index is 2.05. The summed E-state index contributed by atoms with van der Waals surface area (Å²) in [6, 6.07) is 14.9. The van der Waals surface area contributed by atoms with Crippen molar-refractivity contribution < 1.29 is 14.3 Å². The number of benzene rings is 2. The fourth-order valence-electron chi connectivity index (χ4n) is 1.89. The summed E-state index contributed by atoms with van der Waals surface area (Å²) in [6.07, 6.45) is 0. The lowest BCUT2D eigenvalue weighted by Crippen LogP contribution is -2.17. The van der Waals surface area contributed by atoms with Gasteiger partial charge in [-0.25, -0.2) is 9.78 Å². The van der Waals surface area contributed by atoms with Gasteiger partial charge in [0.05, 0.1) is 15.8 Å². The van der Waals surface area contributed by atoms with Gasteiger partial charge in [0.2, 0.25) is 5.78 Å². The first-order chi connectivity index (χ1) is 10.1. The molecule has 0 atom stereocenters. The summed E-state index contributed by atoms with van der Waals surface area (Å²) in [6.45, 7) is 1.18. The number of hydrogen-bond donors (Lipinski definition) is 0. The highest BCUT2D eigenvalue weighted by atomic mass is 32.1. The van der Waals surface area contributed by atoms with Crippen molar-refractivity contribution >= 4 is 33.3 Å². The highest BCUT2D eigenvalue weighted by Gasteiger charge is 2.16. The van der Waals surface area contributed by atoms with Crippen molar-refractivity contribution in [3.63, 3.8) is 0 Å². The molecule has 0 saturated heterocycles. The molecule has 0 amide bonds. The molecule has 0 saturated carbocycles. The maximum Gasteiger partial charge on any atom is 0.379 e. The lowest BCUT2D eigenvalue weighted by atomic mass is 10.2. The van der Waals surface area contributed by atoms with Crippen molar-refractivity contribution in [2.45, 2.75) is 6.92 Å². The first kappa shape index (κ1) is 13.5. The third-order valence-corrected chi connectivity index (χ3v) is 3.97. The quantitative estimate of drug-likeness (QED) is 0.422. The number of aromatic nitrogens is 1. The molecule has 0 aliphatic heterocycles. The van der Waals surface area contributed by atoms with E-state index in [0.717, 1.165) is 15.2 Å². The summed E-state index contributed by atoms with van der Waals surface area (Å²) in [7, 11) is 0. The van der Waals surface area contributed by atoms with E-state index in [4.69, 9.17) is 4.74 Å². The molecular weight excluding hydrogens is 286 g/mol. The summed E-state index contributed by atoms with van der Waals surface area (Å²) in [5.41, 5.74) is 1.60. The Hall–Kier alpha value is -2.53. The van der Waals surface area contributed by atoms with Crippen LogP contribution in [0.4, 0.5) is 0 Å². The smallest absolute Gasteiger partial charge is 0.379 e. The number of esters is 1. The molecule has 0 radical (unpaired) electrons. The number of fused-ring (bicyclic) bond motifs is 1. The van der Waals surface area contributed by atoms with E-state index in [9.17, 15) is 9.59 Å². The predicted octanol–water partition coefficient (Wildman–Crippen LogP) is 3.46. The fraction of sp³-hybridized carbons (Fsp3) is 0.0625. The van der Waals surface area contributed by atoms with Crippen molar-refractivity contribution in [2.24, 2.45) is 0 Å². The number of Topliss-reactive ketones (excluding diaryl/α,β-unsaturated/α-hetero) is 1. The molecular formula is C16H11NO3S. The van der Waals surface area contributed by atoms with Gasteiger partial charge in [-0.3, -0.25) is 4.79 Å². The van der Waals surface area contributed by atoms with Crippen LogP contribution in [0.1, 0.15) is 6.92 Å². The minimum absolute atomic E-state index is 0.344. The number of rotatable bonds is 3. The van der Waals surface area contributed by atoms with Crippen LogP contribution in [0.15, 0.2) is 48.5 Å². The highest BCUT2D eigenvalue weighted by Crippen LogP contribution is 2.35. The standard InChI is InChI=1S/C16H11NO3S/c1-10(18)16(19)20-13-8-4-2-6-11(13)15-17-12-7-3-5-9-14(12)21-15/h2-9H,1H3. The SMILES string of the molecule is CC(=O)C(=O)Oc1ccccc1-c1nc2ccccc2s1. The summed E-state index contributed by atoms with van der Waals surface area (Å²) >= 11 is 1.51. The Morgan fingerprint density at radius 3 is 2.52 bits per heavy atom. The minimum Gasteiger partial charge on any atom is -0.420 e. The summed E-state index contributed by atoms with van der Waals surface area (Å²) in [5.74, 6) is -1.16. The average Bonchev–Trinajstić information content (AvgIpc) is 2.91. The van der Waals surface area contributed by atoms with E-state index in [1.165, 1.54) is 18.3 Å². The molecule has 3 rings (SSSR count). The van der Waals surface area contributed by atoms with Crippen molar-refractivity contribution in [1.29, 1.82) is 0 Å². The van der Waals surface area contributed by atoms with Crippen LogP contribution in [0, 0.1) is 0 Å². The van der Waals surface area contributed by atoms with Gasteiger partial charge in [0.15, 0.2) is 0 Å². The van der Waals surface area contributed by atoms with Gasteiger partial charge in [0.1, 0.15) is 10.8 Å². The molecule has 0 bridgehead atoms. The molecule has 1 aromatic heterocycles. The van der Waals surface area contributed by atoms with Crippen LogP contribution in [0.5, 0.6) is 5.75 Å². The van der Waals surface area contributed by atoms with Crippen LogP contribution >= 0.6 is 11.3 Å². The molecule has 3 aromatic rings. The first-order valence-electron chi connectivity index (χ1n) is 6.33. The van der Waals surface area contributed by atoms with Crippen LogP contribution in [0.25, 0.3) is 20.8 Å². The number of para-hydroxylation sites is 2. The number of ketones is 1. The van der Waals surface area contributed by atoms with E-state index >= 15 is 0 Å². The van der Waals surface area contributed by atoms with E-state index in [-0.39, 0.29) is 0 Å². The summed E-state index contributed by atoms with van der Waals surface area (Å²) in [5, 5.41) is 0.753. The molecule has 1 heterocycles. The zero-order chi connectivity index (χ0) is 14.8. The Morgan fingerprint density at radius 1 is 1.05 bits per heavy atom. The Labute approximate surface area is 125 Å². The lowest BCUT2D eigenvalue weighted by Gasteiger charge is -2.06. The van der Waals surface area contributed by atoms with Crippen LogP contribution in [-0.2, 0) is 9.59 Å². The Kier molecular flexibility index (Phi) is 3.50. The number of carbonyl (C=O) groups is 2. The topological polar surface area (TPSA) is 56.3 Å². The molecule has 0 spiro atoms. The second-order valence-corrected chi connectivity index (χ2v) is 5.46. The normalized spacial score (nSPS) is 10.5. The van der Waals surface area contributed by atoms with Crippen LogP contribution in [-0.4, -0.2) is 16.7 Å². The maximum absolute atomic E-state index is 11.5. The van der Waals surface area contributed by atoms with E-state index < -0.39 is 11.8 Å². The predicted molar refractivity (Wildman–Crippen MR) is 81.4 cm³/mol. The van der Waals surface area contributed by atoms with Gasteiger partial charge in [-0.1, -0.05) is 24.3 Å². The fourth-order valence-corrected chi connectivity index (χ4v) is 2.89. The third-order valence-electron chi connectivity index (χ3n) is 2.90. The number of hydrogen-bond acceptors (Lipinski definition) is 5. The second kappa shape index (κ2) is 5.46. The third kappa shape index (κ3) is 2.68. The van der Waals surface area contributed by atoms with Gasteiger partial charge in [-0.05, 0) is 24.3 Å². The molecule has 5 heteroatoms. The summed E-state index contributed by atoms with van der Waals surface area (Å²) in [4.78, 5) is 27.1. The molecule has 0 unspecified atom stereocenters. The molecule has 0 aliphatic rings. The number of carbonyl (C=O) groups excluding carboxylic acids is 2. The van der Waals surface area contributed by atoms with Gasteiger partial charge >= 0.3 is 5.97 Å². The Morgan fingerprint density at radius 2 is 1.76 bits per heavy atom. The molecule has 0 N–H and O–H groups in total. The van der Waals surface area contributed by atoms with Crippen LogP contribution in [0.2, 0.25) is 0 Å². The molecule has 0 aliphatic carbocycles. The maximum atomic E-state index is 11.5. The number of nitrogens with zero attached hydrogens (tertiary/aromatic N) is 1. The van der Waals surface area contributed by atoms with E-state index in [2.05, 4.69) is 4.98 Å². The highest BCUT2D eigenvalue weighted by molar-refractivity contribution is 7.21. The van der Waals surface area contributed by atoms with Gasteiger partial charge in [-0.2, -0.15) is 0 Å². The number of thiazole rings is 1. The molecule has 2 aromatic carbocycles. The van der Waals surface area contributed by atoms with Gasteiger partial charge in [0, 0.05) is 6.92 Å². The molecule has 4 nitrogen and oxygen atoms in total. The van der Waals surface area contributed by atoms with E-state index in [1.807, 2.05) is 36.4 Å². The number of ether oxygens (including phenoxy) is 1. The van der Waals surface area contributed by atoms with Crippen molar-refractivity contribution in [1.82, 2.24) is 4.98 Å². The lowest BCUT2D eigenvalue weighted by molar-refractivity contribution is -0.146. The van der Waals surface area contributed by atoms with Crippen molar-refractivity contribution in [3.05, 3.63) is 48.5 Å². The van der Waals surface area contributed by atoms with E-state index in [1.54, 1.807) is 12.1 Å². The molecule has 21 heavy (non-hydrogen) atoms.